The summed E-state index contributed by atoms with van der Waals surface area (Å²) in [6.07, 6.45) is 1.48. The lowest BCUT2D eigenvalue weighted by molar-refractivity contribution is -0.118. The van der Waals surface area contributed by atoms with Crippen LogP contribution >= 0.6 is 11.8 Å². The zero-order valence-corrected chi connectivity index (χ0v) is 17.1. The number of rotatable bonds is 8. The number of hydrogen-bond acceptors (Lipinski definition) is 5. The Morgan fingerprint density at radius 3 is 2.34 bits per heavy atom. The van der Waals surface area contributed by atoms with Crippen molar-refractivity contribution in [2.24, 2.45) is 5.92 Å². The summed E-state index contributed by atoms with van der Waals surface area (Å²) >= 11 is 1.55. The molecular formula is C21H23N5O2S. The minimum absolute atomic E-state index is 0.0197. The summed E-state index contributed by atoms with van der Waals surface area (Å²) < 4.78 is 0. The molecule has 150 valence electrons. The predicted molar refractivity (Wildman–Crippen MR) is 113 cm³/mol. The fourth-order valence-electron chi connectivity index (χ4n) is 2.44. The molecule has 3 aromatic rings. The van der Waals surface area contributed by atoms with Gasteiger partial charge in [0.15, 0.2) is 5.16 Å². The molecule has 0 aliphatic rings. The molecule has 0 saturated heterocycles. The molecule has 0 atom stereocenters. The molecule has 3 N–H and O–H groups in total. The molecule has 0 fully saturated rings. The maximum absolute atomic E-state index is 12.4. The molecule has 0 aliphatic carbocycles. The van der Waals surface area contributed by atoms with Gasteiger partial charge in [-0.05, 0) is 35.4 Å². The number of aromatic amines is 1. The standard InChI is InChI=1S/C21H23N5O2S/c1-14(2)19(27)25-18-9-5-15(6-10-18)11-22-20(28)17-7-3-16(4-8-17)12-29-21-23-13-24-26-21/h3-10,13-14H,11-12H2,1-2H3,(H,22,28)(H,25,27)(H,23,24,26). The fourth-order valence-corrected chi connectivity index (χ4v) is 3.18. The number of benzene rings is 2. The molecule has 1 aromatic heterocycles. The summed E-state index contributed by atoms with van der Waals surface area (Å²) in [7, 11) is 0. The zero-order valence-electron chi connectivity index (χ0n) is 16.3. The zero-order chi connectivity index (χ0) is 20.6. The molecule has 7 nitrogen and oxygen atoms in total. The van der Waals surface area contributed by atoms with Gasteiger partial charge in [-0.25, -0.2) is 4.98 Å². The van der Waals surface area contributed by atoms with Gasteiger partial charge >= 0.3 is 0 Å². The molecule has 0 bridgehead atoms. The normalized spacial score (nSPS) is 10.7. The van der Waals surface area contributed by atoms with Crippen LogP contribution in [0, 0.1) is 5.92 Å². The van der Waals surface area contributed by atoms with Crippen molar-refractivity contribution in [1.29, 1.82) is 0 Å². The number of H-pyrrole nitrogens is 1. The first-order valence-electron chi connectivity index (χ1n) is 9.26. The van der Waals surface area contributed by atoms with E-state index in [0.717, 1.165) is 27.7 Å². The van der Waals surface area contributed by atoms with E-state index in [9.17, 15) is 9.59 Å². The first-order valence-corrected chi connectivity index (χ1v) is 10.2. The minimum Gasteiger partial charge on any atom is -0.348 e. The van der Waals surface area contributed by atoms with Crippen LogP contribution in [0.25, 0.3) is 0 Å². The summed E-state index contributed by atoms with van der Waals surface area (Å²) in [5.41, 5.74) is 3.42. The van der Waals surface area contributed by atoms with E-state index in [1.54, 1.807) is 11.8 Å². The third-order valence-electron chi connectivity index (χ3n) is 4.18. The lowest BCUT2D eigenvalue weighted by atomic mass is 10.1. The Kier molecular flexibility index (Phi) is 7.02. The van der Waals surface area contributed by atoms with Crippen molar-refractivity contribution in [2.45, 2.75) is 31.3 Å². The maximum Gasteiger partial charge on any atom is 0.251 e. The minimum atomic E-state index is -0.128. The molecule has 2 amide bonds. The third-order valence-corrected chi connectivity index (χ3v) is 5.13. The lowest BCUT2D eigenvalue weighted by Crippen LogP contribution is -2.22. The van der Waals surface area contributed by atoms with Gasteiger partial charge in [0, 0.05) is 29.5 Å². The fraction of sp³-hybridized carbons (Fsp3) is 0.238. The first-order chi connectivity index (χ1) is 14.0. The van der Waals surface area contributed by atoms with Crippen LogP contribution in [-0.4, -0.2) is 27.0 Å². The Labute approximate surface area is 173 Å². The number of carbonyl (C=O) groups excluding carboxylic acids is 2. The van der Waals surface area contributed by atoms with E-state index in [4.69, 9.17) is 0 Å². The van der Waals surface area contributed by atoms with Crippen LogP contribution in [0.5, 0.6) is 0 Å². The highest BCUT2D eigenvalue weighted by atomic mass is 32.2. The van der Waals surface area contributed by atoms with Gasteiger partial charge in [0.05, 0.1) is 0 Å². The summed E-state index contributed by atoms with van der Waals surface area (Å²) in [4.78, 5) is 28.2. The molecule has 29 heavy (non-hydrogen) atoms. The third kappa shape index (κ3) is 6.18. The molecule has 0 spiro atoms. The Morgan fingerprint density at radius 1 is 1.03 bits per heavy atom. The topological polar surface area (TPSA) is 99.8 Å². The monoisotopic (exact) mass is 409 g/mol. The average Bonchev–Trinajstić information content (AvgIpc) is 3.25. The Balaban J connectivity index is 1.48. The number of carbonyl (C=O) groups is 2. The summed E-state index contributed by atoms with van der Waals surface area (Å²) in [6.45, 7) is 4.11. The Morgan fingerprint density at radius 2 is 1.72 bits per heavy atom. The van der Waals surface area contributed by atoms with E-state index in [2.05, 4.69) is 25.8 Å². The quantitative estimate of drug-likeness (QED) is 0.494. The highest BCUT2D eigenvalue weighted by Crippen LogP contribution is 2.18. The maximum atomic E-state index is 12.4. The van der Waals surface area contributed by atoms with Crippen LogP contribution in [0.3, 0.4) is 0 Å². The van der Waals surface area contributed by atoms with Crippen molar-refractivity contribution in [3.63, 3.8) is 0 Å². The number of nitrogens with one attached hydrogen (secondary N) is 3. The van der Waals surface area contributed by atoms with Gasteiger partial charge in [-0.1, -0.05) is 49.9 Å². The first kappa shape index (κ1) is 20.6. The van der Waals surface area contributed by atoms with Crippen molar-refractivity contribution in [2.75, 3.05) is 5.32 Å². The smallest absolute Gasteiger partial charge is 0.251 e. The van der Waals surface area contributed by atoms with Gasteiger partial charge in [0.2, 0.25) is 5.91 Å². The highest BCUT2D eigenvalue weighted by molar-refractivity contribution is 7.98. The molecule has 2 aromatic carbocycles. The largest absolute Gasteiger partial charge is 0.348 e. The number of nitrogens with zero attached hydrogens (tertiary/aromatic N) is 2. The Bertz CT molecular complexity index is 938. The molecular weight excluding hydrogens is 386 g/mol. The summed E-state index contributed by atoms with van der Waals surface area (Å²) in [5.74, 6) is 0.531. The van der Waals surface area contributed by atoms with E-state index < -0.39 is 0 Å². The van der Waals surface area contributed by atoms with Crippen molar-refractivity contribution in [1.82, 2.24) is 20.5 Å². The van der Waals surface area contributed by atoms with Crippen LogP contribution in [0.1, 0.15) is 35.3 Å². The number of aromatic nitrogens is 3. The van der Waals surface area contributed by atoms with Crippen LogP contribution in [-0.2, 0) is 17.1 Å². The second-order valence-electron chi connectivity index (χ2n) is 6.80. The molecule has 8 heteroatoms. The number of amides is 2. The van der Waals surface area contributed by atoms with Crippen molar-refractivity contribution < 1.29 is 9.59 Å². The Hall–Kier alpha value is -3.13. The highest BCUT2D eigenvalue weighted by Gasteiger charge is 2.08. The van der Waals surface area contributed by atoms with E-state index in [1.807, 2.05) is 62.4 Å². The van der Waals surface area contributed by atoms with Gasteiger partial charge < -0.3 is 10.6 Å². The van der Waals surface area contributed by atoms with E-state index >= 15 is 0 Å². The van der Waals surface area contributed by atoms with Crippen LogP contribution in [0.4, 0.5) is 5.69 Å². The van der Waals surface area contributed by atoms with Crippen molar-refractivity contribution in [3.05, 3.63) is 71.5 Å². The number of thioether (sulfide) groups is 1. The van der Waals surface area contributed by atoms with E-state index in [-0.39, 0.29) is 17.7 Å². The van der Waals surface area contributed by atoms with Gasteiger partial charge in [-0.3, -0.25) is 14.7 Å². The second kappa shape index (κ2) is 9.88. The van der Waals surface area contributed by atoms with E-state index in [1.165, 1.54) is 6.33 Å². The van der Waals surface area contributed by atoms with Gasteiger partial charge in [-0.2, -0.15) is 5.10 Å². The average molecular weight is 410 g/mol. The summed E-state index contributed by atoms with van der Waals surface area (Å²) in [5, 5.41) is 13.1. The predicted octanol–water partition coefficient (Wildman–Crippen LogP) is 3.62. The molecule has 1 heterocycles. The number of anilines is 1. The molecule has 0 radical (unpaired) electrons. The summed E-state index contributed by atoms with van der Waals surface area (Å²) in [6, 6.07) is 15.0. The van der Waals surface area contributed by atoms with Crippen LogP contribution < -0.4 is 10.6 Å². The number of hydrogen-bond donors (Lipinski definition) is 3. The van der Waals surface area contributed by atoms with Crippen molar-refractivity contribution in [3.8, 4) is 0 Å². The van der Waals surface area contributed by atoms with Gasteiger partial charge in [0.25, 0.3) is 5.91 Å². The molecule has 0 aliphatic heterocycles. The second-order valence-corrected chi connectivity index (χ2v) is 7.76. The van der Waals surface area contributed by atoms with Crippen LogP contribution in [0.15, 0.2) is 60.0 Å². The lowest BCUT2D eigenvalue weighted by Gasteiger charge is -2.09. The van der Waals surface area contributed by atoms with Gasteiger partial charge in [0.1, 0.15) is 6.33 Å². The van der Waals surface area contributed by atoms with Gasteiger partial charge in [-0.15, -0.1) is 0 Å². The molecule has 0 saturated carbocycles. The van der Waals surface area contributed by atoms with Crippen molar-refractivity contribution >= 4 is 29.3 Å². The SMILES string of the molecule is CC(C)C(=O)Nc1ccc(CNC(=O)c2ccc(CSc3ncn[nH]3)cc2)cc1. The molecule has 3 rings (SSSR count). The van der Waals surface area contributed by atoms with E-state index in [0.29, 0.717) is 12.1 Å². The molecule has 0 unspecified atom stereocenters. The van der Waals surface area contributed by atoms with Crippen LogP contribution in [0.2, 0.25) is 0 Å².